The van der Waals surface area contributed by atoms with Crippen LogP contribution in [0.4, 0.5) is 10.5 Å². The molecule has 122 valence electrons. The molecular weight excluding hydrogens is 284 g/mol. The summed E-state index contributed by atoms with van der Waals surface area (Å²) in [6, 6.07) is -0.529. The summed E-state index contributed by atoms with van der Waals surface area (Å²) in [7, 11) is 1.80. The number of nitrogens with one attached hydrogen (secondary N) is 1. The van der Waals surface area contributed by atoms with Gasteiger partial charge in [-0.3, -0.25) is 9.48 Å². The van der Waals surface area contributed by atoms with Crippen LogP contribution in [0.2, 0.25) is 0 Å². The fourth-order valence-electron chi connectivity index (χ4n) is 2.69. The summed E-state index contributed by atoms with van der Waals surface area (Å²) in [4.78, 5) is 25.8. The van der Waals surface area contributed by atoms with Crippen molar-refractivity contribution < 1.29 is 14.3 Å². The molecule has 2 amide bonds. The number of aromatic nitrogens is 2. The summed E-state index contributed by atoms with van der Waals surface area (Å²) in [5, 5.41) is 6.72. The van der Waals surface area contributed by atoms with Gasteiger partial charge < -0.3 is 15.0 Å². The zero-order valence-corrected chi connectivity index (χ0v) is 13.6. The number of rotatable bonds is 5. The van der Waals surface area contributed by atoms with Crippen molar-refractivity contribution in [1.29, 1.82) is 0 Å². The number of carbonyl (C=O) groups excluding carboxylic acids is 2. The zero-order chi connectivity index (χ0) is 16.3. The van der Waals surface area contributed by atoms with Crippen LogP contribution in [0.25, 0.3) is 0 Å². The highest BCUT2D eigenvalue weighted by atomic mass is 16.6. The molecule has 0 saturated carbocycles. The molecule has 0 radical (unpaired) electrons. The molecule has 2 atom stereocenters. The monoisotopic (exact) mass is 308 g/mol. The molecule has 1 aromatic heterocycles. The van der Waals surface area contributed by atoms with Crippen LogP contribution in [0.3, 0.4) is 0 Å². The van der Waals surface area contributed by atoms with Crippen LogP contribution in [-0.4, -0.2) is 40.5 Å². The second-order valence-corrected chi connectivity index (χ2v) is 6.19. The van der Waals surface area contributed by atoms with E-state index in [-0.39, 0.29) is 12.0 Å². The van der Waals surface area contributed by atoms with Gasteiger partial charge in [-0.25, -0.2) is 4.79 Å². The largest absolute Gasteiger partial charge is 0.447 e. The van der Waals surface area contributed by atoms with Crippen molar-refractivity contribution in [3.05, 3.63) is 12.4 Å². The Balaban J connectivity index is 1.86. The van der Waals surface area contributed by atoms with Gasteiger partial charge in [0.2, 0.25) is 5.91 Å². The van der Waals surface area contributed by atoms with Crippen molar-refractivity contribution in [3.8, 4) is 0 Å². The molecule has 1 aliphatic rings. The lowest BCUT2D eigenvalue weighted by Crippen LogP contribution is -2.42. The van der Waals surface area contributed by atoms with Crippen molar-refractivity contribution in [2.45, 2.75) is 45.8 Å². The zero-order valence-electron chi connectivity index (χ0n) is 13.6. The number of hydrogen-bond acceptors (Lipinski definition) is 4. The van der Waals surface area contributed by atoms with E-state index in [2.05, 4.69) is 24.3 Å². The van der Waals surface area contributed by atoms with Crippen LogP contribution in [0, 0.1) is 5.92 Å². The van der Waals surface area contributed by atoms with E-state index < -0.39 is 12.1 Å². The molecule has 1 fully saturated rings. The molecule has 1 saturated heterocycles. The number of carbonyl (C=O) groups is 2. The predicted molar refractivity (Wildman–Crippen MR) is 82.5 cm³/mol. The first-order valence-electron chi connectivity index (χ1n) is 7.64. The van der Waals surface area contributed by atoms with E-state index >= 15 is 0 Å². The summed E-state index contributed by atoms with van der Waals surface area (Å²) in [6.45, 7) is 6.57. The smallest absolute Gasteiger partial charge is 0.408 e. The molecule has 0 aliphatic carbocycles. The predicted octanol–water partition coefficient (Wildman–Crippen LogP) is 1.69. The molecule has 0 aromatic carbocycles. The number of hydrogen-bond donors (Lipinski definition) is 1. The molecular formula is C15H24N4O3. The molecule has 0 spiro atoms. The van der Waals surface area contributed by atoms with Gasteiger partial charge in [-0.2, -0.15) is 5.10 Å². The third-order valence-electron chi connectivity index (χ3n) is 3.61. The number of ether oxygens (including phenoxy) is 1. The van der Waals surface area contributed by atoms with E-state index in [1.165, 1.54) is 0 Å². The van der Waals surface area contributed by atoms with Crippen LogP contribution >= 0.6 is 0 Å². The summed E-state index contributed by atoms with van der Waals surface area (Å²) in [5.74, 6) is 0.332. The van der Waals surface area contributed by atoms with Gasteiger partial charge in [-0.1, -0.05) is 13.8 Å². The first kappa shape index (κ1) is 16.3. The molecule has 7 heteroatoms. The first-order valence-corrected chi connectivity index (χ1v) is 7.64. The Labute approximate surface area is 130 Å². The first-order chi connectivity index (χ1) is 10.4. The molecule has 2 rings (SSSR count). The number of alkyl carbamates (subject to hydrolysis) is 1. The van der Waals surface area contributed by atoms with E-state index in [0.29, 0.717) is 18.9 Å². The number of amides is 2. The van der Waals surface area contributed by atoms with Crippen LogP contribution in [0.5, 0.6) is 0 Å². The Kier molecular flexibility index (Phi) is 5.05. The van der Waals surface area contributed by atoms with E-state index in [9.17, 15) is 9.59 Å². The van der Waals surface area contributed by atoms with Crippen LogP contribution in [0.1, 0.15) is 33.6 Å². The molecule has 1 aliphatic heterocycles. The van der Waals surface area contributed by atoms with Crippen molar-refractivity contribution in [1.82, 2.24) is 15.1 Å². The fourth-order valence-corrected chi connectivity index (χ4v) is 2.69. The molecule has 0 bridgehead atoms. The van der Waals surface area contributed by atoms with E-state index in [4.69, 9.17) is 4.74 Å². The van der Waals surface area contributed by atoms with Gasteiger partial charge in [-0.15, -0.1) is 0 Å². The van der Waals surface area contributed by atoms with Crippen molar-refractivity contribution in [2.75, 3.05) is 11.4 Å². The molecule has 22 heavy (non-hydrogen) atoms. The minimum Gasteiger partial charge on any atom is -0.447 e. The van der Waals surface area contributed by atoms with Crippen LogP contribution in [0.15, 0.2) is 12.4 Å². The lowest BCUT2D eigenvalue weighted by molar-refractivity contribution is -0.118. The normalized spacial score (nSPS) is 19.6. The quantitative estimate of drug-likeness (QED) is 0.898. The summed E-state index contributed by atoms with van der Waals surface area (Å²) in [6.07, 6.45) is 4.10. The van der Waals surface area contributed by atoms with Crippen molar-refractivity contribution in [2.24, 2.45) is 13.0 Å². The Morgan fingerprint density at radius 1 is 1.50 bits per heavy atom. The fraction of sp³-hybridized carbons (Fsp3) is 0.667. The van der Waals surface area contributed by atoms with Crippen molar-refractivity contribution >= 4 is 17.7 Å². The molecule has 1 N–H and O–H groups in total. The molecule has 2 heterocycles. The average Bonchev–Trinajstić information content (AvgIpc) is 2.96. The minimum absolute atomic E-state index is 0.124. The van der Waals surface area contributed by atoms with Gasteiger partial charge in [0.05, 0.1) is 11.9 Å². The third-order valence-corrected chi connectivity index (χ3v) is 3.61. The molecule has 0 unspecified atom stereocenters. The SMILES string of the molecule is CC(C)C[C@@H](C)OC(=O)N[C@@H]1CCN(c2cnn(C)c2)C1=O. The topological polar surface area (TPSA) is 76.5 Å². The van der Waals surface area contributed by atoms with E-state index in [1.807, 2.05) is 6.92 Å². The van der Waals surface area contributed by atoms with Gasteiger partial charge in [0.15, 0.2) is 0 Å². The summed E-state index contributed by atoms with van der Waals surface area (Å²) >= 11 is 0. The maximum Gasteiger partial charge on any atom is 0.408 e. The number of nitrogens with zero attached hydrogens (tertiary/aromatic N) is 3. The van der Waals surface area contributed by atoms with Gasteiger partial charge in [-0.05, 0) is 25.7 Å². The van der Waals surface area contributed by atoms with Crippen LogP contribution in [-0.2, 0) is 16.6 Å². The Bertz CT molecular complexity index is 541. The van der Waals surface area contributed by atoms with Gasteiger partial charge >= 0.3 is 6.09 Å². The third kappa shape index (κ3) is 3.99. The Morgan fingerprint density at radius 2 is 2.23 bits per heavy atom. The Hall–Kier alpha value is -2.05. The average molecular weight is 308 g/mol. The molecule has 1 aromatic rings. The van der Waals surface area contributed by atoms with Gasteiger partial charge in [0, 0.05) is 19.8 Å². The van der Waals surface area contributed by atoms with E-state index in [1.54, 1.807) is 29.0 Å². The van der Waals surface area contributed by atoms with Gasteiger partial charge in [0.25, 0.3) is 0 Å². The Morgan fingerprint density at radius 3 is 2.82 bits per heavy atom. The number of aryl methyl sites for hydroxylation is 1. The lowest BCUT2D eigenvalue weighted by Gasteiger charge is -2.18. The second-order valence-electron chi connectivity index (χ2n) is 6.19. The van der Waals surface area contributed by atoms with Crippen LogP contribution < -0.4 is 10.2 Å². The van der Waals surface area contributed by atoms with Gasteiger partial charge in [0.1, 0.15) is 12.1 Å². The summed E-state index contributed by atoms with van der Waals surface area (Å²) in [5.41, 5.74) is 0.748. The highest BCUT2D eigenvalue weighted by Crippen LogP contribution is 2.20. The van der Waals surface area contributed by atoms with E-state index in [0.717, 1.165) is 12.1 Å². The highest BCUT2D eigenvalue weighted by Gasteiger charge is 2.34. The summed E-state index contributed by atoms with van der Waals surface area (Å²) < 4.78 is 6.92. The highest BCUT2D eigenvalue weighted by molar-refractivity contribution is 6.00. The van der Waals surface area contributed by atoms with Crippen molar-refractivity contribution in [3.63, 3.8) is 0 Å². The lowest BCUT2D eigenvalue weighted by atomic mass is 10.1. The maximum atomic E-state index is 12.3. The molecule has 7 nitrogen and oxygen atoms in total. The standard InChI is InChI=1S/C15H24N4O3/c1-10(2)7-11(3)22-15(21)17-13-5-6-19(14(13)20)12-8-16-18(4)9-12/h8-11,13H,5-7H2,1-4H3,(H,17,21)/t11-,13-/m1/s1. The minimum atomic E-state index is -0.529. The maximum absolute atomic E-state index is 12.3. The number of anilines is 1. The second kappa shape index (κ2) is 6.81.